The highest BCUT2D eigenvalue weighted by Gasteiger charge is 2.37. The number of carbonyl (C=O) groups excluding carboxylic acids is 1. The highest BCUT2D eigenvalue weighted by atomic mass is 32.2. The maximum absolute atomic E-state index is 12.5. The number of aromatic nitrogens is 1. The first-order chi connectivity index (χ1) is 10.5. The fourth-order valence-electron chi connectivity index (χ4n) is 3.87. The zero-order chi connectivity index (χ0) is 15.6. The maximum Gasteiger partial charge on any atom is 0.222 e. The number of nitrogens with one attached hydrogen (secondary N) is 1. The Balaban J connectivity index is 1.67. The van der Waals surface area contributed by atoms with E-state index in [4.69, 9.17) is 0 Å². The summed E-state index contributed by atoms with van der Waals surface area (Å²) in [6.45, 7) is 0. The van der Waals surface area contributed by atoms with Gasteiger partial charge in [-0.2, -0.15) is 0 Å². The largest absolute Gasteiger partial charge is 0.352 e. The van der Waals surface area contributed by atoms with Crippen LogP contribution in [-0.4, -0.2) is 36.4 Å². The third-order valence-electron chi connectivity index (χ3n) is 5.02. The highest BCUT2D eigenvalue weighted by Crippen LogP contribution is 2.38. The molecule has 22 heavy (non-hydrogen) atoms. The van der Waals surface area contributed by atoms with Gasteiger partial charge < -0.3 is 9.88 Å². The van der Waals surface area contributed by atoms with Gasteiger partial charge in [-0.15, -0.1) is 0 Å². The van der Waals surface area contributed by atoms with Gasteiger partial charge in [-0.3, -0.25) is 4.79 Å². The number of rotatable bonds is 4. The molecule has 3 rings (SSSR count). The van der Waals surface area contributed by atoms with Crippen molar-refractivity contribution in [3.63, 3.8) is 0 Å². The van der Waals surface area contributed by atoms with Gasteiger partial charge in [-0.1, -0.05) is 19.3 Å². The molecule has 1 atom stereocenters. The molecule has 0 bridgehead atoms. The highest BCUT2D eigenvalue weighted by molar-refractivity contribution is 7.91. The van der Waals surface area contributed by atoms with E-state index in [2.05, 4.69) is 9.88 Å². The molecule has 1 aliphatic carbocycles. The van der Waals surface area contributed by atoms with Gasteiger partial charge in [0, 0.05) is 18.4 Å². The monoisotopic (exact) mass is 324 g/mol. The maximum atomic E-state index is 12.5. The van der Waals surface area contributed by atoms with Gasteiger partial charge in [0.2, 0.25) is 5.91 Å². The number of carbonyl (C=O) groups is 1. The van der Waals surface area contributed by atoms with E-state index in [0.29, 0.717) is 12.8 Å². The van der Waals surface area contributed by atoms with E-state index >= 15 is 0 Å². The average molecular weight is 324 g/mol. The van der Waals surface area contributed by atoms with Crippen molar-refractivity contribution in [3.8, 4) is 0 Å². The van der Waals surface area contributed by atoms with Crippen LogP contribution in [0.4, 0.5) is 0 Å². The minimum atomic E-state index is -2.95. The van der Waals surface area contributed by atoms with Gasteiger partial charge in [0.15, 0.2) is 9.84 Å². The zero-order valence-electron chi connectivity index (χ0n) is 12.8. The molecule has 5 nitrogen and oxygen atoms in total. The van der Waals surface area contributed by atoms with Crippen molar-refractivity contribution < 1.29 is 13.2 Å². The van der Waals surface area contributed by atoms with Crippen LogP contribution in [0.5, 0.6) is 0 Å². The van der Waals surface area contributed by atoms with Crippen molar-refractivity contribution in [2.45, 2.75) is 56.5 Å². The van der Waals surface area contributed by atoms with Crippen LogP contribution in [0.2, 0.25) is 0 Å². The summed E-state index contributed by atoms with van der Waals surface area (Å²) in [5, 5.41) is 2.94. The lowest BCUT2D eigenvalue weighted by molar-refractivity contribution is -0.124. The van der Waals surface area contributed by atoms with Crippen molar-refractivity contribution in [1.82, 2.24) is 9.88 Å². The average Bonchev–Trinajstić information content (AvgIpc) is 3.10. The van der Waals surface area contributed by atoms with Crippen molar-refractivity contribution in [2.75, 3.05) is 11.5 Å². The van der Waals surface area contributed by atoms with Gasteiger partial charge in [0.25, 0.3) is 0 Å². The molecule has 1 saturated heterocycles. The fourth-order valence-corrected chi connectivity index (χ4v) is 5.55. The van der Waals surface area contributed by atoms with Crippen LogP contribution in [0.25, 0.3) is 0 Å². The van der Waals surface area contributed by atoms with Crippen molar-refractivity contribution in [1.29, 1.82) is 0 Å². The van der Waals surface area contributed by atoms with Gasteiger partial charge in [0.1, 0.15) is 0 Å². The summed E-state index contributed by atoms with van der Waals surface area (Å²) in [6.07, 6.45) is 10.6. The Bertz CT molecular complexity index is 616. The summed E-state index contributed by atoms with van der Waals surface area (Å²) in [4.78, 5) is 12.5. The SMILES string of the molecule is O=C(CC1(n2cccc2)CCCCC1)N[C@@H]1CCS(=O)(=O)C1. The summed E-state index contributed by atoms with van der Waals surface area (Å²) in [7, 11) is -2.95. The molecular formula is C16H24N2O3S. The lowest BCUT2D eigenvalue weighted by atomic mass is 9.78. The second-order valence-electron chi connectivity index (χ2n) is 6.72. The summed E-state index contributed by atoms with van der Waals surface area (Å²) >= 11 is 0. The van der Waals surface area contributed by atoms with Crippen molar-refractivity contribution in [2.24, 2.45) is 0 Å². The Morgan fingerprint density at radius 3 is 2.45 bits per heavy atom. The van der Waals surface area contributed by atoms with Crippen LogP contribution >= 0.6 is 0 Å². The van der Waals surface area contributed by atoms with E-state index in [1.165, 1.54) is 6.42 Å². The first-order valence-corrected chi connectivity index (χ1v) is 9.95. The van der Waals surface area contributed by atoms with Crippen molar-refractivity contribution >= 4 is 15.7 Å². The molecule has 0 aromatic carbocycles. The lowest BCUT2D eigenvalue weighted by Crippen LogP contribution is -2.43. The van der Waals surface area contributed by atoms with E-state index in [1.807, 2.05) is 24.5 Å². The molecular weight excluding hydrogens is 300 g/mol. The summed E-state index contributed by atoms with van der Waals surface area (Å²) in [5.41, 5.74) is -0.136. The predicted molar refractivity (Wildman–Crippen MR) is 85.3 cm³/mol. The molecule has 122 valence electrons. The van der Waals surface area contributed by atoms with Gasteiger partial charge in [-0.25, -0.2) is 8.42 Å². The minimum Gasteiger partial charge on any atom is -0.352 e. The van der Waals surface area contributed by atoms with E-state index in [9.17, 15) is 13.2 Å². The Hall–Kier alpha value is -1.30. The molecule has 1 aliphatic heterocycles. The number of sulfone groups is 1. The topological polar surface area (TPSA) is 68.2 Å². The quantitative estimate of drug-likeness (QED) is 0.919. The number of amides is 1. The number of hydrogen-bond donors (Lipinski definition) is 1. The van der Waals surface area contributed by atoms with Crippen LogP contribution in [0.3, 0.4) is 0 Å². The van der Waals surface area contributed by atoms with Crippen LogP contribution < -0.4 is 5.32 Å². The van der Waals surface area contributed by atoms with E-state index < -0.39 is 9.84 Å². The van der Waals surface area contributed by atoms with E-state index in [-0.39, 0.29) is 29.0 Å². The Morgan fingerprint density at radius 2 is 1.86 bits per heavy atom. The van der Waals surface area contributed by atoms with Gasteiger partial charge in [0.05, 0.1) is 23.5 Å². The third kappa shape index (κ3) is 3.37. The fraction of sp³-hybridized carbons (Fsp3) is 0.688. The second-order valence-corrected chi connectivity index (χ2v) is 8.95. The predicted octanol–water partition coefficient (Wildman–Crippen LogP) is 1.84. The molecule has 1 N–H and O–H groups in total. The minimum absolute atomic E-state index is 0.0160. The summed E-state index contributed by atoms with van der Waals surface area (Å²) in [6, 6.07) is 3.79. The molecule has 0 radical (unpaired) electrons. The molecule has 1 aromatic rings. The molecule has 2 fully saturated rings. The zero-order valence-corrected chi connectivity index (χ0v) is 13.6. The molecule has 2 aliphatic rings. The molecule has 1 saturated carbocycles. The second kappa shape index (κ2) is 6.07. The summed E-state index contributed by atoms with van der Waals surface area (Å²) < 4.78 is 25.2. The molecule has 2 heterocycles. The van der Waals surface area contributed by atoms with Crippen LogP contribution in [0.15, 0.2) is 24.5 Å². The molecule has 1 aromatic heterocycles. The lowest BCUT2D eigenvalue weighted by Gasteiger charge is -2.38. The standard InChI is InChI=1S/C16H24N2O3S/c19-15(17-14-6-11-22(20,21)13-14)12-16(7-2-1-3-8-16)18-9-4-5-10-18/h4-5,9-10,14H,1-3,6-8,11-13H2,(H,17,19)/t14-/m1/s1. The van der Waals surface area contributed by atoms with Crippen molar-refractivity contribution in [3.05, 3.63) is 24.5 Å². The van der Waals surface area contributed by atoms with Gasteiger partial charge >= 0.3 is 0 Å². The van der Waals surface area contributed by atoms with E-state index in [0.717, 1.165) is 25.7 Å². The van der Waals surface area contributed by atoms with E-state index in [1.54, 1.807) is 0 Å². The number of hydrogen-bond acceptors (Lipinski definition) is 3. The van der Waals surface area contributed by atoms with Crippen LogP contribution in [-0.2, 0) is 20.2 Å². The van der Waals surface area contributed by atoms with Crippen LogP contribution in [0, 0.1) is 0 Å². The number of nitrogens with zero attached hydrogens (tertiary/aromatic N) is 1. The molecule has 0 spiro atoms. The Labute approximate surface area is 132 Å². The van der Waals surface area contributed by atoms with Gasteiger partial charge in [-0.05, 0) is 31.4 Å². The smallest absolute Gasteiger partial charge is 0.222 e. The van der Waals surface area contributed by atoms with Crippen LogP contribution in [0.1, 0.15) is 44.9 Å². The summed E-state index contributed by atoms with van der Waals surface area (Å²) in [5.74, 6) is 0.272. The first-order valence-electron chi connectivity index (χ1n) is 8.12. The normalized spacial score (nSPS) is 26.6. The first kappa shape index (κ1) is 15.6. The Morgan fingerprint density at radius 1 is 1.18 bits per heavy atom. The molecule has 6 heteroatoms. The molecule has 1 amide bonds. The Kier molecular flexibility index (Phi) is 4.30. The third-order valence-corrected chi connectivity index (χ3v) is 6.79. The molecule has 0 unspecified atom stereocenters.